The Morgan fingerprint density at radius 2 is 2.07 bits per heavy atom. The molecule has 0 radical (unpaired) electrons. The average Bonchev–Trinajstić information content (AvgIpc) is 3.06. The van der Waals surface area contributed by atoms with Gasteiger partial charge in [0.05, 0.1) is 23.7 Å². The Morgan fingerprint density at radius 3 is 2.70 bits per heavy atom. The van der Waals surface area contributed by atoms with E-state index >= 15 is 0 Å². The number of carbonyl (C=O) groups is 1. The van der Waals surface area contributed by atoms with Crippen molar-refractivity contribution in [2.45, 2.75) is 20.3 Å². The van der Waals surface area contributed by atoms with Gasteiger partial charge in [0.1, 0.15) is 0 Å². The fourth-order valence-corrected chi connectivity index (χ4v) is 3.12. The molecule has 0 unspecified atom stereocenters. The van der Waals surface area contributed by atoms with Crippen molar-refractivity contribution in [2.24, 2.45) is 4.99 Å². The molecule has 9 heteroatoms. The number of aryl methyl sites for hydroxylation is 1. The van der Waals surface area contributed by atoms with Crippen LogP contribution in [0.15, 0.2) is 41.0 Å². The molecule has 1 heterocycles. The SMILES string of the molecule is CCCOc1c(Cl)cc(/C=C2\N=C(c3ccc([N+](=O)[O-])c(C)c3)OC2=O)cc1OC. The minimum Gasteiger partial charge on any atom is -0.493 e. The third-order valence-corrected chi connectivity index (χ3v) is 4.55. The highest BCUT2D eigenvalue weighted by molar-refractivity contribution is 6.32. The van der Waals surface area contributed by atoms with Gasteiger partial charge in [-0.05, 0) is 49.2 Å². The smallest absolute Gasteiger partial charge is 0.363 e. The summed E-state index contributed by atoms with van der Waals surface area (Å²) in [5.74, 6) is 0.305. The Hall–Kier alpha value is -3.39. The fraction of sp³-hybridized carbons (Fsp3) is 0.238. The Bertz CT molecular complexity index is 1080. The predicted octanol–water partition coefficient (Wildman–Crippen LogP) is 4.70. The second kappa shape index (κ2) is 8.96. The minimum absolute atomic E-state index is 0.0217. The first kappa shape index (κ1) is 21.3. The van der Waals surface area contributed by atoms with Crippen LogP contribution in [0.25, 0.3) is 6.08 Å². The zero-order valence-electron chi connectivity index (χ0n) is 16.6. The lowest BCUT2D eigenvalue weighted by molar-refractivity contribution is -0.385. The number of nitro groups is 1. The van der Waals surface area contributed by atoms with Gasteiger partial charge in [-0.25, -0.2) is 9.79 Å². The van der Waals surface area contributed by atoms with Crippen molar-refractivity contribution in [1.29, 1.82) is 0 Å². The first-order valence-corrected chi connectivity index (χ1v) is 9.50. The maximum Gasteiger partial charge on any atom is 0.363 e. The number of hydrogen-bond donors (Lipinski definition) is 0. The molecule has 1 aliphatic heterocycles. The molecule has 1 aliphatic rings. The highest BCUT2D eigenvalue weighted by atomic mass is 35.5. The molecule has 3 rings (SSSR count). The molecule has 0 aliphatic carbocycles. The molecule has 0 saturated heterocycles. The van der Waals surface area contributed by atoms with Crippen LogP contribution in [0.3, 0.4) is 0 Å². The van der Waals surface area contributed by atoms with Gasteiger partial charge < -0.3 is 14.2 Å². The number of carbonyl (C=O) groups excluding carboxylic acids is 1. The number of cyclic esters (lactones) is 1. The zero-order chi connectivity index (χ0) is 21.8. The summed E-state index contributed by atoms with van der Waals surface area (Å²) in [7, 11) is 1.50. The van der Waals surface area contributed by atoms with Crippen LogP contribution in [-0.4, -0.2) is 30.5 Å². The third-order valence-electron chi connectivity index (χ3n) is 4.27. The number of halogens is 1. The van der Waals surface area contributed by atoms with E-state index in [0.29, 0.717) is 39.8 Å². The molecule has 156 valence electrons. The van der Waals surface area contributed by atoms with E-state index in [2.05, 4.69) is 4.99 Å². The largest absolute Gasteiger partial charge is 0.493 e. The van der Waals surface area contributed by atoms with Crippen molar-refractivity contribution in [2.75, 3.05) is 13.7 Å². The van der Waals surface area contributed by atoms with Crippen LogP contribution < -0.4 is 9.47 Å². The minimum atomic E-state index is -0.637. The lowest BCUT2D eigenvalue weighted by Gasteiger charge is -2.12. The molecule has 0 spiro atoms. The lowest BCUT2D eigenvalue weighted by Crippen LogP contribution is -2.06. The number of nitrogens with zero attached hydrogens (tertiary/aromatic N) is 2. The molecular formula is C21H19ClN2O6. The summed E-state index contributed by atoms with van der Waals surface area (Å²) in [5.41, 5.74) is 1.53. The van der Waals surface area contributed by atoms with Crippen LogP contribution in [-0.2, 0) is 9.53 Å². The highest BCUT2D eigenvalue weighted by Gasteiger charge is 2.25. The van der Waals surface area contributed by atoms with Crippen LogP contribution >= 0.6 is 11.6 Å². The lowest BCUT2D eigenvalue weighted by atomic mass is 10.1. The number of nitro benzene ring substituents is 1. The summed E-state index contributed by atoms with van der Waals surface area (Å²) in [4.78, 5) is 27.0. The molecule has 2 aromatic rings. The van der Waals surface area contributed by atoms with E-state index in [-0.39, 0.29) is 17.3 Å². The van der Waals surface area contributed by atoms with Gasteiger partial charge in [0.15, 0.2) is 17.2 Å². The van der Waals surface area contributed by atoms with Crippen LogP contribution in [0.4, 0.5) is 5.69 Å². The van der Waals surface area contributed by atoms with E-state index in [1.165, 1.54) is 25.3 Å². The van der Waals surface area contributed by atoms with Gasteiger partial charge in [-0.3, -0.25) is 10.1 Å². The second-order valence-electron chi connectivity index (χ2n) is 6.48. The summed E-state index contributed by atoms with van der Waals surface area (Å²) in [5, 5.41) is 11.3. The van der Waals surface area contributed by atoms with E-state index in [1.807, 2.05) is 6.92 Å². The van der Waals surface area contributed by atoms with Crippen molar-refractivity contribution >= 4 is 35.2 Å². The monoisotopic (exact) mass is 430 g/mol. The number of hydrogen-bond acceptors (Lipinski definition) is 7. The summed E-state index contributed by atoms with van der Waals surface area (Å²) < 4.78 is 16.2. The predicted molar refractivity (Wildman–Crippen MR) is 112 cm³/mol. The normalized spacial score (nSPS) is 14.5. The highest BCUT2D eigenvalue weighted by Crippen LogP contribution is 2.37. The topological polar surface area (TPSA) is 100 Å². The molecule has 0 atom stereocenters. The molecule has 8 nitrogen and oxygen atoms in total. The second-order valence-corrected chi connectivity index (χ2v) is 6.88. The molecule has 0 saturated carbocycles. The van der Waals surface area contributed by atoms with Crippen molar-refractivity contribution in [3.8, 4) is 11.5 Å². The van der Waals surface area contributed by atoms with E-state index in [4.69, 9.17) is 25.8 Å². The molecule has 0 fully saturated rings. The Kier molecular flexibility index (Phi) is 6.37. The maximum atomic E-state index is 12.3. The number of rotatable bonds is 7. The Balaban J connectivity index is 1.93. The van der Waals surface area contributed by atoms with E-state index in [1.54, 1.807) is 25.1 Å². The van der Waals surface area contributed by atoms with Gasteiger partial charge >= 0.3 is 5.97 Å². The van der Waals surface area contributed by atoms with Crippen molar-refractivity contribution < 1.29 is 23.9 Å². The van der Waals surface area contributed by atoms with Gasteiger partial charge in [0.25, 0.3) is 5.69 Å². The summed E-state index contributed by atoms with van der Waals surface area (Å²) in [6.07, 6.45) is 2.34. The van der Waals surface area contributed by atoms with E-state index in [9.17, 15) is 14.9 Å². The molecule has 2 aromatic carbocycles. The third kappa shape index (κ3) is 4.44. The molecule has 0 bridgehead atoms. The summed E-state index contributed by atoms with van der Waals surface area (Å²) in [6, 6.07) is 7.70. The zero-order valence-corrected chi connectivity index (χ0v) is 17.4. The fourth-order valence-electron chi connectivity index (χ4n) is 2.85. The summed E-state index contributed by atoms with van der Waals surface area (Å²) in [6.45, 7) is 4.07. The average molecular weight is 431 g/mol. The standard InChI is InChI=1S/C21H19ClN2O6/c1-4-7-29-19-15(22)9-13(11-18(19)28-3)10-16-21(25)30-20(23-16)14-5-6-17(24(26)27)12(2)8-14/h5-6,8-11H,4,7H2,1-3H3/b16-10-. The number of esters is 1. The molecule has 0 amide bonds. The molecule has 30 heavy (non-hydrogen) atoms. The van der Waals surface area contributed by atoms with Crippen molar-refractivity contribution in [1.82, 2.24) is 0 Å². The van der Waals surface area contributed by atoms with Crippen molar-refractivity contribution in [3.63, 3.8) is 0 Å². The number of methoxy groups -OCH3 is 1. The first-order chi connectivity index (χ1) is 14.3. The maximum absolute atomic E-state index is 12.3. The van der Waals surface area contributed by atoms with E-state index < -0.39 is 10.9 Å². The van der Waals surface area contributed by atoms with Crippen LogP contribution in [0, 0.1) is 17.0 Å². The van der Waals surface area contributed by atoms with Crippen LogP contribution in [0.5, 0.6) is 11.5 Å². The molecule has 0 N–H and O–H groups in total. The quantitative estimate of drug-likeness (QED) is 0.273. The van der Waals surface area contributed by atoms with Gasteiger partial charge in [0.2, 0.25) is 5.90 Å². The van der Waals surface area contributed by atoms with Gasteiger partial charge in [-0.2, -0.15) is 0 Å². The summed E-state index contributed by atoms with van der Waals surface area (Å²) >= 11 is 6.31. The van der Waals surface area contributed by atoms with Crippen LogP contribution in [0.2, 0.25) is 5.02 Å². The van der Waals surface area contributed by atoms with Crippen molar-refractivity contribution in [3.05, 3.63) is 67.9 Å². The van der Waals surface area contributed by atoms with E-state index in [0.717, 1.165) is 6.42 Å². The number of ether oxygens (including phenoxy) is 3. The molecule has 0 aromatic heterocycles. The number of aliphatic imine (C=N–C) groups is 1. The van der Waals surface area contributed by atoms with Gasteiger partial charge in [-0.1, -0.05) is 18.5 Å². The Labute approximate surface area is 177 Å². The molecular weight excluding hydrogens is 412 g/mol. The Morgan fingerprint density at radius 1 is 1.30 bits per heavy atom. The van der Waals surface area contributed by atoms with Gasteiger partial charge in [0, 0.05) is 17.2 Å². The van der Waals surface area contributed by atoms with Gasteiger partial charge in [-0.15, -0.1) is 0 Å². The first-order valence-electron chi connectivity index (χ1n) is 9.12. The van der Waals surface area contributed by atoms with Crippen LogP contribution in [0.1, 0.15) is 30.0 Å². The number of benzene rings is 2.